The summed E-state index contributed by atoms with van der Waals surface area (Å²) in [5.41, 5.74) is 0.357. The van der Waals surface area contributed by atoms with Crippen LogP contribution in [0.1, 0.15) is 0 Å². The maximum Gasteiger partial charge on any atom is 0.264 e. The number of aromatic amines is 1. The lowest BCUT2D eigenvalue weighted by Gasteiger charge is -2.11. The van der Waals surface area contributed by atoms with Crippen LogP contribution in [0, 0.1) is 5.82 Å². The van der Waals surface area contributed by atoms with Gasteiger partial charge in [0.2, 0.25) is 0 Å². The second-order valence-electron chi connectivity index (χ2n) is 4.91. The van der Waals surface area contributed by atoms with Gasteiger partial charge < -0.3 is 9.72 Å². The summed E-state index contributed by atoms with van der Waals surface area (Å²) in [6, 6.07) is 7.18. The van der Waals surface area contributed by atoms with Crippen molar-refractivity contribution in [1.82, 2.24) is 4.98 Å². The molecule has 0 saturated carbocycles. The van der Waals surface area contributed by atoms with Crippen LogP contribution in [-0.4, -0.2) is 20.5 Å². The van der Waals surface area contributed by atoms with Crippen LogP contribution in [0.5, 0.6) is 5.75 Å². The van der Waals surface area contributed by atoms with Gasteiger partial charge in [-0.15, -0.1) is 0 Å². The van der Waals surface area contributed by atoms with Crippen molar-refractivity contribution < 1.29 is 17.5 Å². The molecular weight excluding hydrogens is 423 g/mol. The largest absolute Gasteiger partial charge is 0.495 e. The molecule has 3 rings (SSSR count). The van der Waals surface area contributed by atoms with Gasteiger partial charge in [-0.25, -0.2) is 12.8 Å². The van der Waals surface area contributed by atoms with Crippen molar-refractivity contribution in [1.29, 1.82) is 0 Å². The summed E-state index contributed by atoms with van der Waals surface area (Å²) in [4.78, 5) is 2.83. The van der Waals surface area contributed by atoms with E-state index in [9.17, 15) is 12.8 Å². The summed E-state index contributed by atoms with van der Waals surface area (Å²) < 4.78 is 47.0. The molecule has 0 aliphatic carbocycles. The molecule has 126 valence electrons. The lowest BCUT2D eigenvalue weighted by molar-refractivity contribution is 0.411. The predicted octanol–water partition coefficient (Wildman–Crippen LogP) is 4.53. The summed E-state index contributed by atoms with van der Waals surface area (Å²) in [6.07, 6.45) is 1.33. The Labute approximate surface area is 151 Å². The Hall–Kier alpha value is -1.77. The second-order valence-corrected chi connectivity index (χ2v) is 7.86. The number of methoxy groups -OCH3 is 1. The minimum Gasteiger partial charge on any atom is -0.495 e. The Balaban J connectivity index is 2.05. The first kappa shape index (κ1) is 17.1. The number of aromatic nitrogens is 1. The van der Waals surface area contributed by atoms with Crippen molar-refractivity contribution in [2.45, 2.75) is 4.90 Å². The van der Waals surface area contributed by atoms with E-state index in [-0.39, 0.29) is 10.6 Å². The third-order valence-corrected chi connectivity index (χ3v) is 5.64. The molecule has 0 unspecified atom stereocenters. The van der Waals surface area contributed by atoms with Gasteiger partial charge in [-0.3, -0.25) is 4.72 Å². The molecular formula is C15H11BrClFN2O3S. The van der Waals surface area contributed by atoms with Gasteiger partial charge in [0.05, 0.1) is 17.3 Å². The number of rotatable bonds is 4. The number of hydrogen-bond acceptors (Lipinski definition) is 3. The maximum absolute atomic E-state index is 14.1. The number of benzene rings is 2. The van der Waals surface area contributed by atoms with E-state index in [0.717, 1.165) is 6.07 Å². The Morgan fingerprint density at radius 3 is 2.75 bits per heavy atom. The topological polar surface area (TPSA) is 71.2 Å². The summed E-state index contributed by atoms with van der Waals surface area (Å²) in [5, 5.41) is 0.932. The highest BCUT2D eigenvalue weighted by atomic mass is 79.9. The molecule has 3 aromatic rings. The maximum atomic E-state index is 14.1. The molecule has 0 radical (unpaired) electrons. The molecule has 2 aromatic carbocycles. The first-order chi connectivity index (χ1) is 11.3. The summed E-state index contributed by atoms with van der Waals surface area (Å²) in [6.45, 7) is 0. The molecule has 2 N–H and O–H groups in total. The average Bonchev–Trinajstić information content (AvgIpc) is 2.93. The van der Waals surface area contributed by atoms with Crippen molar-refractivity contribution in [2.24, 2.45) is 0 Å². The van der Waals surface area contributed by atoms with Crippen molar-refractivity contribution in [3.8, 4) is 5.75 Å². The van der Waals surface area contributed by atoms with Crippen molar-refractivity contribution in [3.05, 3.63) is 51.8 Å². The lowest BCUT2D eigenvalue weighted by Crippen LogP contribution is -2.13. The molecule has 24 heavy (non-hydrogen) atoms. The fourth-order valence-corrected chi connectivity index (χ4v) is 4.14. The van der Waals surface area contributed by atoms with E-state index >= 15 is 0 Å². The van der Waals surface area contributed by atoms with E-state index in [4.69, 9.17) is 16.3 Å². The molecule has 0 spiro atoms. The smallest absolute Gasteiger partial charge is 0.264 e. The van der Waals surface area contributed by atoms with Gasteiger partial charge in [-0.1, -0.05) is 11.6 Å². The summed E-state index contributed by atoms with van der Waals surface area (Å²) in [7, 11) is -2.60. The van der Waals surface area contributed by atoms with Gasteiger partial charge in [-0.2, -0.15) is 0 Å². The standard InChI is InChI=1S/C15H11BrClFN2O3S/c1-23-14-6-13(11(18)5-10(14)16)20-24(21,22)15-7-19-12-4-8(17)2-3-9(12)15/h2-7,19-20H,1H3. The SMILES string of the molecule is COc1cc(NS(=O)(=O)c2c[nH]c3cc(Cl)ccc23)c(F)cc1Br. The van der Waals surface area contributed by atoms with Gasteiger partial charge in [0.25, 0.3) is 10.0 Å². The Morgan fingerprint density at radius 1 is 1.29 bits per heavy atom. The van der Waals surface area contributed by atoms with Crippen LogP contribution in [0.15, 0.2) is 45.9 Å². The number of nitrogens with one attached hydrogen (secondary N) is 2. The number of sulfonamides is 1. The van der Waals surface area contributed by atoms with E-state index < -0.39 is 15.8 Å². The van der Waals surface area contributed by atoms with Crippen molar-refractivity contribution >= 4 is 54.1 Å². The molecule has 0 saturated heterocycles. The third kappa shape index (κ3) is 3.09. The van der Waals surface area contributed by atoms with Crippen LogP contribution in [0.4, 0.5) is 10.1 Å². The van der Waals surface area contributed by atoms with Crippen LogP contribution in [-0.2, 0) is 10.0 Å². The Kier molecular flexibility index (Phi) is 4.46. The van der Waals surface area contributed by atoms with Gasteiger partial charge in [-0.05, 0) is 40.2 Å². The molecule has 0 amide bonds. The first-order valence-electron chi connectivity index (χ1n) is 6.64. The van der Waals surface area contributed by atoms with Crippen molar-refractivity contribution in [3.63, 3.8) is 0 Å². The average molecular weight is 434 g/mol. The fraction of sp³-hybridized carbons (Fsp3) is 0.0667. The molecule has 0 fully saturated rings. The molecule has 0 aliphatic heterocycles. The zero-order chi connectivity index (χ0) is 17.5. The molecule has 1 aromatic heterocycles. The number of anilines is 1. The number of ether oxygens (including phenoxy) is 1. The second kappa shape index (κ2) is 6.27. The molecule has 9 heteroatoms. The van der Waals surface area contributed by atoms with Crippen LogP contribution >= 0.6 is 27.5 Å². The van der Waals surface area contributed by atoms with E-state index in [1.165, 1.54) is 19.4 Å². The van der Waals surface area contributed by atoms with E-state index in [2.05, 4.69) is 25.6 Å². The highest BCUT2D eigenvalue weighted by molar-refractivity contribution is 9.10. The minimum atomic E-state index is -4.00. The van der Waals surface area contributed by atoms with Crippen LogP contribution in [0.25, 0.3) is 10.9 Å². The highest BCUT2D eigenvalue weighted by Crippen LogP contribution is 2.33. The van der Waals surface area contributed by atoms with Gasteiger partial charge in [0.1, 0.15) is 16.5 Å². The van der Waals surface area contributed by atoms with E-state index in [1.807, 2.05) is 0 Å². The number of hydrogen-bond donors (Lipinski definition) is 2. The van der Waals surface area contributed by atoms with Crippen molar-refractivity contribution in [2.75, 3.05) is 11.8 Å². The van der Waals surface area contributed by atoms with Crippen LogP contribution in [0.2, 0.25) is 5.02 Å². The van der Waals surface area contributed by atoms with Gasteiger partial charge in [0, 0.05) is 28.2 Å². The summed E-state index contributed by atoms with van der Waals surface area (Å²) in [5.74, 6) is -0.422. The minimum absolute atomic E-state index is 0.00421. The Bertz CT molecular complexity index is 1040. The molecule has 1 heterocycles. The number of halogens is 3. The zero-order valence-corrected chi connectivity index (χ0v) is 15.4. The first-order valence-corrected chi connectivity index (χ1v) is 9.30. The number of H-pyrrole nitrogens is 1. The van der Waals surface area contributed by atoms with Crippen LogP contribution in [0.3, 0.4) is 0 Å². The molecule has 0 aliphatic rings. The summed E-state index contributed by atoms with van der Waals surface area (Å²) >= 11 is 9.03. The van der Waals surface area contributed by atoms with E-state index in [0.29, 0.717) is 26.1 Å². The quantitative estimate of drug-likeness (QED) is 0.635. The van der Waals surface area contributed by atoms with Gasteiger partial charge in [0.15, 0.2) is 0 Å². The fourth-order valence-electron chi connectivity index (χ4n) is 2.26. The predicted molar refractivity (Wildman–Crippen MR) is 94.8 cm³/mol. The van der Waals surface area contributed by atoms with Crippen LogP contribution < -0.4 is 9.46 Å². The van der Waals surface area contributed by atoms with Gasteiger partial charge >= 0.3 is 0 Å². The molecule has 0 atom stereocenters. The lowest BCUT2D eigenvalue weighted by atomic mass is 10.2. The molecule has 0 bridgehead atoms. The third-order valence-electron chi connectivity index (χ3n) is 3.38. The zero-order valence-electron chi connectivity index (χ0n) is 12.2. The monoisotopic (exact) mass is 432 g/mol. The normalized spacial score (nSPS) is 11.7. The number of fused-ring (bicyclic) bond motifs is 1. The highest BCUT2D eigenvalue weighted by Gasteiger charge is 2.21. The molecule has 5 nitrogen and oxygen atoms in total. The Morgan fingerprint density at radius 2 is 2.04 bits per heavy atom. The van der Waals surface area contributed by atoms with E-state index in [1.54, 1.807) is 18.2 Å².